The Balaban J connectivity index is 0. The molecule has 0 aliphatic rings. The van der Waals surface area contributed by atoms with Crippen molar-refractivity contribution in [3.63, 3.8) is 0 Å². The molecule has 0 amide bonds. The summed E-state index contributed by atoms with van der Waals surface area (Å²) in [6, 6.07) is 11.2. The fourth-order valence-corrected chi connectivity index (χ4v) is 2.48. The number of benzene rings is 2. The van der Waals surface area contributed by atoms with Gasteiger partial charge in [-0.2, -0.15) is 0 Å². The maximum Gasteiger partial charge on any atom is 1.00 e. The normalized spacial score (nSPS) is 10.2. The molecule has 0 radical (unpaired) electrons. The van der Waals surface area contributed by atoms with Crippen molar-refractivity contribution in [1.82, 2.24) is 0 Å². The van der Waals surface area contributed by atoms with Crippen LogP contribution in [0, 0.1) is 0 Å². The van der Waals surface area contributed by atoms with Gasteiger partial charge in [0.25, 0.3) is 0 Å². The van der Waals surface area contributed by atoms with Gasteiger partial charge in [-0.05, 0) is 35.4 Å². The molecule has 0 heterocycles. The van der Waals surface area contributed by atoms with Crippen LogP contribution in [0.4, 0.5) is 0 Å². The Morgan fingerprint density at radius 1 is 0.615 bits per heavy atom. The summed E-state index contributed by atoms with van der Waals surface area (Å²) in [5.74, 6) is 0. The van der Waals surface area contributed by atoms with Gasteiger partial charge < -0.3 is 9.11 Å². The van der Waals surface area contributed by atoms with E-state index in [1.54, 1.807) is 12.2 Å². The molecule has 0 unspecified atom stereocenters. The van der Waals surface area contributed by atoms with Crippen molar-refractivity contribution in [2.45, 2.75) is 9.79 Å². The summed E-state index contributed by atoms with van der Waals surface area (Å²) in [6.45, 7) is 6.99. The molecule has 2 aromatic rings. The first-order chi connectivity index (χ1) is 11.1. The molecule has 128 valence electrons. The molecule has 0 aliphatic carbocycles. The molecule has 0 bridgehead atoms. The van der Waals surface area contributed by atoms with E-state index < -0.39 is 20.2 Å². The van der Waals surface area contributed by atoms with E-state index in [4.69, 9.17) is 0 Å². The van der Waals surface area contributed by atoms with Crippen molar-refractivity contribution >= 4 is 32.4 Å². The van der Waals surface area contributed by atoms with Crippen LogP contribution in [0.25, 0.3) is 12.2 Å². The van der Waals surface area contributed by atoms with Gasteiger partial charge in [-0.3, -0.25) is 0 Å². The van der Waals surface area contributed by atoms with Crippen LogP contribution in [0.1, 0.15) is 11.1 Å². The van der Waals surface area contributed by atoms with E-state index in [9.17, 15) is 25.9 Å². The molecule has 26 heavy (non-hydrogen) atoms. The smallest absolute Gasteiger partial charge is 0.744 e. The monoisotopic (exact) mass is 412 g/mol. The van der Waals surface area contributed by atoms with E-state index in [2.05, 4.69) is 13.2 Å². The Hall–Kier alpha value is -0.260. The molecular weight excluding hydrogens is 398 g/mol. The summed E-state index contributed by atoms with van der Waals surface area (Å²) in [4.78, 5) is -0.429. The van der Waals surface area contributed by atoms with E-state index in [0.29, 0.717) is 0 Å². The molecule has 0 aromatic heterocycles. The summed E-state index contributed by atoms with van der Waals surface area (Å²) < 4.78 is 62.7. The van der Waals surface area contributed by atoms with Crippen LogP contribution in [-0.4, -0.2) is 25.9 Å². The Bertz CT molecular complexity index is 840. The molecule has 2 aromatic carbocycles. The summed E-state index contributed by atoms with van der Waals surface area (Å²) in [5.41, 5.74) is 1.56. The maximum atomic E-state index is 10.5. The molecule has 0 fully saturated rings. The Morgan fingerprint density at radius 3 is 1.00 bits per heavy atom. The second-order valence-electron chi connectivity index (χ2n) is 4.45. The van der Waals surface area contributed by atoms with Gasteiger partial charge in [0.15, 0.2) is 0 Å². The Labute approximate surface area is 198 Å². The third-order valence-electron chi connectivity index (χ3n) is 2.81. The second-order valence-corrected chi connectivity index (χ2v) is 7.21. The molecule has 10 heteroatoms. The molecule has 0 atom stereocenters. The quantitative estimate of drug-likeness (QED) is 0.380. The summed E-state index contributed by atoms with van der Waals surface area (Å²) in [5, 5.41) is 0. The molecule has 2 rings (SSSR count). The van der Waals surface area contributed by atoms with Gasteiger partial charge in [0.05, 0.1) is 9.79 Å². The van der Waals surface area contributed by atoms with E-state index in [1.807, 2.05) is 0 Å². The molecule has 6 nitrogen and oxygen atoms in total. The van der Waals surface area contributed by atoms with E-state index in [0.717, 1.165) is 11.1 Å². The average molecular weight is 412 g/mol. The fraction of sp³-hybridized carbons (Fsp3) is 0. The van der Waals surface area contributed by atoms with Gasteiger partial charge in [0.2, 0.25) is 0 Å². The minimum absolute atomic E-state index is 0. The van der Waals surface area contributed by atoms with Crippen LogP contribution in [0.15, 0.2) is 71.5 Å². The van der Waals surface area contributed by atoms with Crippen molar-refractivity contribution < 1.29 is 85.1 Å². The van der Waals surface area contributed by atoms with E-state index in [1.165, 1.54) is 48.5 Å². The summed E-state index contributed by atoms with van der Waals surface area (Å²) in [7, 11) is -8.62. The third kappa shape index (κ3) is 9.61. The SMILES string of the molecule is C=Cc1ccc(S(=O)(=O)[O-])cc1.C=Cc1ccc(S(=O)(=O)[O-])cc1.[Na+].[Na+]. The largest absolute Gasteiger partial charge is 1.00 e. The van der Waals surface area contributed by atoms with Gasteiger partial charge in [-0.15, -0.1) is 0 Å². The van der Waals surface area contributed by atoms with Gasteiger partial charge >= 0.3 is 59.1 Å². The van der Waals surface area contributed by atoms with Crippen molar-refractivity contribution in [2.75, 3.05) is 0 Å². The zero-order valence-corrected chi connectivity index (χ0v) is 20.1. The topological polar surface area (TPSA) is 114 Å². The fourth-order valence-electron chi connectivity index (χ4n) is 1.54. The van der Waals surface area contributed by atoms with Crippen LogP contribution in [-0.2, 0) is 20.2 Å². The van der Waals surface area contributed by atoms with E-state index >= 15 is 0 Å². The number of hydrogen-bond acceptors (Lipinski definition) is 6. The Morgan fingerprint density at radius 2 is 0.846 bits per heavy atom. The molecule has 0 spiro atoms. The standard InChI is InChI=1S/2C8H8O3S.2Na/c2*1-2-7-3-5-8(6-4-7)12(9,10)11;;/h2*2-6H,1H2,(H,9,10,11);;/q;;2*+1/p-2. The van der Waals surface area contributed by atoms with Crippen LogP contribution in [0.5, 0.6) is 0 Å². The molecule has 0 saturated carbocycles. The number of hydrogen-bond donors (Lipinski definition) is 0. The first-order valence-corrected chi connectivity index (χ1v) is 9.26. The minimum Gasteiger partial charge on any atom is -0.744 e. The summed E-state index contributed by atoms with van der Waals surface area (Å²) in [6.07, 6.45) is 3.14. The maximum absolute atomic E-state index is 10.5. The van der Waals surface area contributed by atoms with Crippen LogP contribution in [0.3, 0.4) is 0 Å². The van der Waals surface area contributed by atoms with Gasteiger partial charge in [0.1, 0.15) is 20.2 Å². The third-order valence-corrected chi connectivity index (χ3v) is 4.51. The molecule has 0 aliphatic heterocycles. The first-order valence-electron chi connectivity index (χ1n) is 6.44. The molecule has 0 N–H and O–H groups in total. The van der Waals surface area contributed by atoms with Crippen LogP contribution in [0.2, 0.25) is 0 Å². The van der Waals surface area contributed by atoms with Gasteiger partial charge in [-0.1, -0.05) is 49.6 Å². The first kappa shape index (κ1) is 28.0. The number of rotatable bonds is 4. The zero-order valence-electron chi connectivity index (χ0n) is 14.5. The van der Waals surface area contributed by atoms with Crippen LogP contribution >= 0.6 is 0 Å². The minimum atomic E-state index is -4.31. The predicted octanol–water partition coefficient (Wildman–Crippen LogP) is -3.52. The summed E-state index contributed by atoms with van der Waals surface area (Å²) >= 11 is 0. The van der Waals surface area contributed by atoms with E-state index in [-0.39, 0.29) is 68.9 Å². The van der Waals surface area contributed by atoms with Crippen molar-refractivity contribution in [2.24, 2.45) is 0 Å². The van der Waals surface area contributed by atoms with Crippen molar-refractivity contribution in [3.05, 3.63) is 72.8 Å². The van der Waals surface area contributed by atoms with Crippen LogP contribution < -0.4 is 59.1 Å². The second kappa shape index (κ2) is 12.2. The zero-order chi connectivity index (χ0) is 18.4. The van der Waals surface area contributed by atoms with Crippen molar-refractivity contribution in [3.8, 4) is 0 Å². The molecular formula is C16H14Na2O6S2. The molecule has 0 saturated heterocycles. The Kier molecular flexibility index (Phi) is 13.2. The van der Waals surface area contributed by atoms with Gasteiger partial charge in [-0.25, -0.2) is 16.8 Å². The predicted molar refractivity (Wildman–Crippen MR) is 89.0 cm³/mol. The van der Waals surface area contributed by atoms with Gasteiger partial charge in [0, 0.05) is 0 Å². The van der Waals surface area contributed by atoms with Crippen molar-refractivity contribution in [1.29, 1.82) is 0 Å². The average Bonchev–Trinajstić information content (AvgIpc) is 2.54.